The van der Waals surface area contributed by atoms with Crippen molar-refractivity contribution in [2.24, 2.45) is 11.1 Å². The molecule has 0 radical (unpaired) electrons. The smallest absolute Gasteiger partial charge is 0.0931 e. The van der Waals surface area contributed by atoms with Gasteiger partial charge in [-0.15, -0.1) is 11.3 Å². The van der Waals surface area contributed by atoms with Crippen LogP contribution in [-0.2, 0) is 6.54 Å². The zero-order valence-electron chi connectivity index (χ0n) is 9.35. The summed E-state index contributed by atoms with van der Waals surface area (Å²) in [7, 11) is 0. The van der Waals surface area contributed by atoms with E-state index in [0.29, 0.717) is 0 Å². The minimum Gasteiger partial charge on any atom is -0.330 e. The lowest BCUT2D eigenvalue weighted by Gasteiger charge is -2.26. The Labute approximate surface area is 101 Å². The van der Waals surface area contributed by atoms with E-state index >= 15 is 0 Å². The first-order valence-electron chi connectivity index (χ1n) is 5.24. The van der Waals surface area contributed by atoms with Gasteiger partial charge in [-0.25, -0.2) is 0 Å². The van der Waals surface area contributed by atoms with Crippen LogP contribution in [0.5, 0.6) is 0 Å². The lowest BCUT2D eigenvalue weighted by Crippen LogP contribution is -2.37. The van der Waals surface area contributed by atoms with Gasteiger partial charge in [0.2, 0.25) is 0 Å². The van der Waals surface area contributed by atoms with E-state index in [1.807, 2.05) is 6.07 Å². The highest BCUT2D eigenvalue weighted by Gasteiger charge is 2.19. The molecule has 0 bridgehead atoms. The number of hydrogen-bond acceptors (Lipinski definition) is 3. The predicted molar refractivity (Wildman–Crippen MR) is 68.5 cm³/mol. The minimum absolute atomic E-state index is 0.209. The summed E-state index contributed by atoms with van der Waals surface area (Å²) in [6.07, 6.45) is 1.10. The van der Waals surface area contributed by atoms with Gasteiger partial charge in [0.25, 0.3) is 0 Å². The van der Waals surface area contributed by atoms with Crippen molar-refractivity contribution in [2.45, 2.75) is 26.8 Å². The monoisotopic (exact) mass is 246 g/mol. The van der Waals surface area contributed by atoms with Crippen LogP contribution in [0.25, 0.3) is 0 Å². The Bertz CT molecular complexity index is 295. The van der Waals surface area contributed by atoms with E-state index in [9.17, 15) is 0 Å². The molecule has 0 spiro atoms. The second-order valence-electron chi connectivity index (χ2n) is 4.18. The van der Waals surface area contributed by atoms with E-state index in [0.717, 1.165) is 30.4 Å². The van der Waals surface area contributed by atoms with Crippen LogP contribution in [-0.4, -0.2) is 13.1 Å². The minimum atomic E-state index is 0.209. The van der Waals surface area contributed by atoms with Gasteiger partial charge in [0.15, 0.2) is 0 Å². The summed E-state index contributed by atoms with van der Waals surface area (Å²) in [4.78, 5) is 1.27. The Kier molecular flexibility index (Phi) is 5.06. The van der Waals surface area contributed by atoms with E-state index in [2.05, 4.69) is 25.2 Å². The fourth-order valence-corrected chi connectivity index (χ4v) is 2.33. The zero-order valence-corrected chi connectivity index (χ0v) is 10.9. The summed E-state index contributed by atoms with van der Waals surface area (Å²) in [6.45, 7) is 6.95. The van der Waals surface area contributed by atoms with Crippen molar-refractivity contribution >= 4 is 22.9 Å². The molecule has 0 saturated carbocycles. The molecule has 2 nitrogen and oxygen atoms in total. The molecule has 4 heteroatoms. The van der Waals surface area contributed by atoms with Crippen molar-refractivity contribution in [3.63, 3.8) is 0 Å². The molecular weight excluding hydrogens is 228 g/mol. The van der Waals surface area contributed by atoms with E-state index < -0.39 is 0 Å². The van der Waals surface area contributed by atoms with Crippen LogP contribution in [0.3, 0.4) is 0 Å². The Morgan fingerprint density at radius 1 is 1.53 bits per heavy atom. The van der Waals surface area contributed by atoms with E-state index in [-0.39, 0.29) is 5.41 Å². The maximum absolute atomic E-state index is 5.85. The van der Waals surface area contributed by atoms with Crippen molar-refractivity contribution in [2.75, 3.05) is 13.1 Å². The molecule has 86 valence electrons. The topological polar surface area (TPSA) is 38.0 Å². The van der Waals surface area contributed by atoms with Crippen LogP contribution in [0, 0.1) is 5.41 Å². The fraction of sp³-hybridized carbons (Fsp3) is 0.636. The summed E-state index contributed by atoms with van der Waals surface area (Å²) in [6, 6.07) is 4.00. The number of halogens is 1. The molecule has 0 aliphatic carbocycles. The van der Waals surface area contributed by atoms with Gasteiger partial charge in [0, 0.05) is 18.0 Å². The summed E-state index contributed by atoms with van der Waals surface area (Å²) >= 11 is 7.48. The molecular formula is C11H19ClN2S. The second kappa shape index (κ2) is 5.85. The number of nitrogens with two attached hydrogens (primary N) is 1. The van der Waals surface area contributed by atoms with Crippen LogP contribution < -0.4 is 11.1 Å². The first-order valence-corrected chi connectivity index (χ1v) is 6.44. The fourth-order valence-electron chi connectivity index (χ4n) is 1.28. The number of hydrogen-bond donors (Lipinski definition) is 2. The molecule has 0 aliphatic heterocycles. The van der Waals surface area contributed by atoms with Crippen LogP contribution in [0.4, 0.5) is 0 Å². The lowest BCUT2D eigenvalue weighted by molar-refractivity contribution is 0.303. The second-order valence-corrected chi connectivity index (χ2v) is 5.98. The van der Waals surface area contributed by atoms with Gasteiger partial charge < -0.3 is 11.1 Å². The molecule has 1 aromatic rings. The molecule has 0 amide bonds. The Hall–Kier alpha value is -0.0900. The van der Waals surface area contributed by atoms with Crippen LogP contribution in [0.1, 0.15) is 25.1 Å². The standard InChI is InChI=1S/C11H19ClN2S/c1-3-11(2,7-13)8-14-6-9-4-5-10(12)15-9/h4-5,14H,3,6-8,13H2,1-2H3. The SMILES string of the molecule is CCC(C)(CN)CNCc1ccc(Cl)s1. The summed E-state index contributed by atoms with van der Waals surface area (Å²) < 4.78 is 0.851. The molecule has 1 heterocycles. The van der Waals surface area contributed by atoms with Crippen LogP contribution in [0.15, 0.2) is 12.1 Å². The average molecular weight is 247 g/mol. The molecule has 0 aromatic carbocycles. The third kappa shape index (κ3) is 4.11. The van der Waals surface area contributed by atoms with E-state index in [4.69, 9.17) is 17.3 Å². The van der Waals surface area contributed by atoms with Crippen LogP contribution in [0.2, 0.25) is 4.34 Å². The van der Waals surface area contributed by atoms with Gasteiger partial charge in [-0.2, -0.15) is 0 Å². The highest BCUT2D eigenvalue weighted by atomic mass is 35.5. The first-order chi connectivity index (χ1) is 7.09. The molecule has 15 heavy (non-hydrogen) atoms. The van der Waals surface area contributed by atoms with Gasteiger partial charge in [-0.1, -0.05) is 25.4 Å². The molecule has 1 aromatic heterocycles. The first kappa shape index (κ1) is 13.0. The third-order valence-corrected chi connectivity index (χ3v) is 4.06. The molecule has 0 aliphatic rings. The molecule has 1 unspecified atom stereocenters. The predicted octanol–water partition coefficient (Wildman–Crippen LogP) is 2.87. The van der Waals surface area contributed by atoms with Gasteiger partial charge in [0.05, 0.1) is 4.34 Å². The van der Waals surface area contributed by atoms with Gasteiger partial charge in [0.1, 0.15) is 0 Å². The van der Waals surface area contributed by atoms with Crippen LogP contribution >= 0.6 is 22.9 Å². The summed E-state index contributed by atoms with van der Waals surface area (Å²) in [5.41, 5.74) is 5.95. The number of thiophene rings is 1. The Balaban J connectivity index is 2.32. The maximum atomic E-state index is 5.85. The lowest BCUT2D eigenvalue weighted by atomic mass is 9.88. The van der Waals surface area contributed by atoms with Gasteiger partial charge >= 0.3 is 0 Å². The third-order valence-electron chi connectivity index (χ3n) is 2.83. The molecule has 0 fully saturated rings. The summed E-state index contributed by atoms with van der Waals surface area (Å²) in [5, 5.41) is 3.43. The maximum Gasteiger partial charge on any atom is 0.0931 e. The van der Waals surface area contributed by atoms with Crippen molar-refractivity contribution < 1.29 is 0 Å². The molecule has 0 saturated heterocycles. The number of rotatable bonds is 6. The van der Waals surface area contributed by atoms with Crippen molar-refractivity contribution in [1.29, 1.82) is 0 Å². The number of nitrogens with one attached hydrogen (secondary N) is 1. The Morgan fingerprint density at radius 3 is 2.73 bits per heavy atom. The molecule has 3 N–H and O–H groups in total. The van der Waals surface area contributed by atoms with Gasteiger partial charge in [-0.05, 0) is 30.5 Å². The van der Waals surface area contributed by atoms with Gasteiger partial charge in [-0.3, -0.25) is 0 Å². The largest absolute Gasteiger partial charge is 0.330 e. The normalized spacial score (nSPS) is 15.2. The summed E-state index contributed by atoms with van der Waals surface area (Å²) in [5.74, 6) is 0. The van der Waals surface area contributed by atoms with E-state index in [1.54, 1.807) is 11.3 Å². The van der Waals surface area contributed by atoms with Crippen molar-refractivity contribution in [3.05, 3.63) is 21.3 Å². The van der Waals surface area contributed by atoms with Crippen molar-refractivity contribution in [1.82, 2.24) is 5.32 Å². The van der Waals surface area contributed by atoms with E-state index in [1.165, 1.54) is 4.88 Å². The quantitative estimate of drug-likeness (QED) is 0.810. The zero-order chi connectivity index (χ0) is 11.3. The van der Waals surface area contributed by atoms with Crippen molar-refractivity contribution in [3.8, 4) is 0 Å². The molecule has 1 rings (SSSR count). The highest BCUT2D eigenvalue weighted by Crippen LogP contribution is 2.22. The molecule has 1 atom stereocenters. The Morgan fingerprint density at radius 2 is 2.27 bits per heavy atom. The highest BCUT2D eigenvalue weighted by molar-refractivity contribution is 7.16. The average Bonchev–Trinajstić information content (AvgIpc) is 2.64.